The summed E-state index contributed by atoms with van der Waals surface area (Å²) < 4.78 is 5.76. The fourth-order valence-corrected chi connectivity index (χ4v) is 4.96. The molecule has 1 aliphatic carbocycles. The molecule has 1 N–H and O–H groups in total. The molecule has 1 unspecified atom stereocenters. The first kappa shape index (κ1) is 19.1. The lowest BCUT2D eigenvalue weighted by atomic mass is 9.78. The van der Waals surface area contributed by atoms with Crippen molar-refractivity contribution in [3.63, 3.8) is 0 Å². The van der Waals surface area contributed by atoms with E-state index in [1.807, 2.05) is 0 Å². The van der Waals surface area contributed by atoms with Gasteiger partial charge in [0.05, 0.1) is 7.11 Å². The van der Waals surface area contributed by atoms with Gasteiger partial charge in [0.2, 0.25) is 0 Å². The average Bonchev–Trinajstić information content (AvgIpc) is 2.74. The second-order valence-corrected chi connectivity index (χ2v) is 8.11. The Morgan fingerprint density at radius 3 is 2.57 bits per heavy atom. The highest BCUT2D eigenvalue weighted by Crippen LogP contribution is 2.46. The Morgan fingerprint density at radius 2 is 1.82 bits per heavy atom. The van der Waals surface area contributed by atoms with Gasteiger partial charge < -0.3 is 15.0 Å². The van der Waals surface area contributed by atoms with Crippen LogP contribution in [-0.2, 0) is 0 Å². The van der Waals surface area contributed by atoms with E-state index in [9.17, 15) is 0 Å². The first-order chi connectivity index (χ1) is 13.7. The molecular weight excluding hydrogens is 344 g/mol. The molecule has 0 radical (unpaired) electrons. The molecule has 2 aliphatic rings. The number of methoxy groups -OCH3 is 1. The summed E-state index contributed by atoms with van der Waals surface area (Å²) in [5.41, 5.74) is 8.57. The van der Waals surface area contributed by atoms with Crippen LogP contribution >= 0.6 is 0 Å². The number of hydrogen-bond donors (Lipinski definition) is 1. The summed E-state index contributed by atoms with van der Waals surface area (Å²) in [5.74, 6) is 1.42. The first-order valence-corrected chi connectivity index (χ1v) is 10.6. The third-order valence-electron chi connectivity index (χ3n) is 6.24. The van der Waals surface area contributed by atoms with Crippen LogP contribution in [0.25, 0.3) is 5.57 Å². The van der Waals surface area contributed by atoms with Crippen molar-refractivity contribution in [3.8, 4) is 5.75 Å². The number of aryl methyl sites for hydroxylation is 2. The summed E-state index contributed by atoms with van der Waals surface area (Å²) in [5, 5.41) is 3.52. The molecule has 1 saturated heterocycles. The van der Waals surface area contributed by atoms with Crippen molar-refractivity contribution in [2.75, 3.05) is 33.3 Å². The highest BCUT2D eigenvalue weighted by Gasteiger charge is 2.31. The molecule has 1 atom stereocenters. The molecule has 0 saturated carbocycles. The lowest BCUT2D eigenvalue weighted by molar-refractivity contribution is 0.274. The second kappa shape index (κ2) is 8.40. The molecule has 4 rings (SSSR count). The van der Waals surface area contributed by atoms with Gasteiger partial charge in [-0.2, -0.15) is 0 Å². The minimum atomic E-state index is 0.402. The number of ether oxygens (including phenoxy) is 1. The van der Waals surface area contributed by atoms with Crippen molar-refractivity contribution in [2.24, 2.45) is 0 Å². The SMILES string of the molecule is COc1ccccc1C1CCCC(c2ccc(C)cc2C)=C1N1CCNCC1. The highest BCUT2D eigenvalue weighted by molar-refractivity contribution is 5.73. The molecule has 0 bridgehead atoms. The fraction of sp³-hybridized carbons (Fsp3) is 0.440. The Bertz CT molecular complexity index is 865. The molecule has 3 nitrogen and oxygen atoms in total. The smallest absolute Gasteiger partial charge is 0.122 e. The molecule has 1 heterocycles. The van der Waals surface area contributed by atoms with Crippen molar-refractivity contribution in [1.29, 1.82) is 0 Å². The molecule has 148 valence electrons. The van der Waals surface area contributed by atoms with Gasteiger partial charge in [-0.3, -0.25) is 0 Å². The minimum Gasteiger partial charge on any atom is -0.496 e. The zero-order valence-electron chi connectivity index (χ0n) is 17.4. The summed E-state index contributed by atoms with van der Waals surface area (Å²) in [7, 11) is 1.79. The standard InChI is InChI=1S/C25H32N2O/c1-18-11-12-20(19(2)17-18)22-8-6-9-23(21-7-4-5-10-24(21)28-3)25(22)27-15-13-26-14-16-27/h4-5,7,10-12,17,23,26H,6,8-9,13-16H2,1-3H3. The number of para-hydroxylation sites is 1. The topological polar surface area (TPSA) is 24.5 Å². The predicted molar refractivity (Wildman–Crippen MR) is 117 cm³/mol. The van der Waals surface area contributed by atoms with Crippen LogP contribution in [0.3, 0.4) is 0 Å². The number of hydrogen-bond acceptors (Lipinski definition) is 3. The Morgan fingerprint density at radius 1 is 1.04 bits per heavy atom. The minimum absolute atomic E-state index is 0.402. The van der Waals surface area contributed by atoms with Crippen LogP contribution in [0.5, 0.6) is 5.75 Å². The molecule has 0 spiro atoms. The second-order valence-electron chi connectivity index (χ2n) is 8.11. The molecule has 2 aromatic carbocycles. The number of nitrogens with one attached hydrogen (secondary N) is 1. The van der Waals surface area contributed by atoms with Gasteiger partial charge in [0, 0.05) is 43.4 Å². The number of nitrogens with zero attached hydrogens (tertiary/aromatic N) is 1. The molecule has 3 heteroatoms. The lowest BCUT2D eigenvalue weighted by Gasteiger charge is -2.40. The van der Waals surface area contributed by atoms with E-state index in [1.165, 1.54) is 40.8 Å². The van der Waals surface area contributed by atoms with Crippen LogP contribution in [0.1, 0.15) is 47.4 Å². The zero-order valence-corrected chi connectivity index (χ0v) is 17.4. The number of benzene rings is 2. The predicted octanol–water partition coefficient (Wildman–Crippen LogP) is 4.90. The van der Waals surface area contributed by atoms with Crippen LogP contribution in [-0.4, -0.2) is 38.2 Å². The van der Waals surface area contributed by atoms with Gasteiger partial charge >= 0.3 is 0 Å². The van der Waals surface area contributed by atoms with Gasteiger partial charge in [-0.25, -0.2) is 0 Å². The van der Waals surface area contributed by atoms with Crippen molar-refractivity contribution < 1.29 is 4.74 Å². The van der Waals surface area contributed by atoms with Gasteiger partial charge in [0.1, 0.15) is 5.75 Å². The van der Waals surface area contributed by atoms with Crippen LogP contribution in [0, 0.1) is 13.8 Å². The van der Waals surface area contributed by atoms with E-state index in [0.717, 1.165) is 38.3 Å². The van der Waals surface area contributed by atoms with E-state index in [-0.39, 0.29) is 0 Å². The average molecular weight is 377 g/mol. The maximum atomic E-state index is 5.76. The quantitative estimate of drug-likeness (QED) is 0.822. The summed E-state index contributed by atoms with van der Waals surface area (Å²) in [6.07, 6.45) is 3.57. The third kappa shape index (κ3) is 3.68. The van der Waals surface area contributed by atoms with E-state index < -0.39 is 0 Å². The van der Waals surface area contributed by atoms with Crippen molar-refractivity contribution in [3.05, 3.63) is 70.4 Å². The molecule has 0 aromatic heterocycles. The Balaban J connectivity index is 1.88. The Kier molecular flexibility index (Phi) is 5.72. The monoisotopic (exact) mass is 376 g/mol. The van der Waals surface area contributed by atoms with Crippen LogP contribution in [0.2, 0.25) is 0 Å². The van der Waals surface area contributed by atoms with E-state index in [4.69, 9.17) is 4.74 Å². The maximum Gasteiger partial charge on any atom is 0.122 e. The largest absolute Gasteiger partial charge is 0.496 e. The van der Waals surface area contributed by atoms with E-state index in [0.29, 0.717) is 5.92 Å². The Hall–Kier alpha value is -2.26. The van der Waals surface area contributed by atoms with Crippen LogP contribution in [0.15, 0.2) is 48.2 Å². The van der Waals surface area contributed by atoms with E-state index in [2.05, 4.69) is 66.5 Å². The van der Waals surface area contributed by atoms with Gasteiger partial charge in [-0.15, -0.1) is 0 Å². The van der Waals surface area contributed by atoms with E-state index in [1.54, 1.807) is 12.7 Å². The Labute approximate surface area is 169 Å². The first-order valence-electron chi connectivity index (χ1n) is 10.6. The van der Waals surface area contributed by atoms with E-state index >= 15 is 0 Å². The molecule has 1 fully saturated rings. The van der Waals surface area contributed by atoms with Crippen molar-refractivity contribution in [2.45, 2.75) is 39.0 Å². The van der Waals surface area contributed by atoms with Gasteiger partial charge in [-0.1, -0.05) is 42.0 Å². The molecule has 2 aromatic rings. The summed E-state index contributed by atoms with van der Waals surface area (Å²) >= 11 is 0. The molecule has 0 amide bonds. The maximum absolute atomic E-state index is 5.76. The molecular formula is C25H32N2O. The summed E-state index contributed by atoms with van der Waals surface area (Å²) in [6.45, 7) is 8.72. The summed E-state index contributed by atoms with van der Waals surface area (Å²) in [4.78, 5) is 2.64. The lowest BCUT2D eigenvalue weighted by Crippen LogP contribution is -2.44. The molecule has 28 heavy (non-hydrogen) atoms. The van der Waals surface area contributed by atoms with Gasteiger partial charge in [0.25, 0.3) is 0 Å². The fourth-order valence-electron chi connectivity index (χ4n) is 4.96. The zero-order chi connectivity index (χ0) is 19.5. The summed E-state index contributed by atoms with van der Waals surface area (Å²) in [6, 6.07) is 15.5. The van der Waals surface area contributed by atoms with Crippen LogP contribution < -0.4 is 10.1 Å². The third-order valence-corrected chi connectivity index (χ3v) is 6.24. The normalized spacial score (nSPS) is 20.4. The van der Waals surface area contributed by atoms with Gasteiger partial charge in [0.15, 0.2) is 0 Å². The van der Waals surface area contributed by atoms with Crippen LogP contribution in [0.4, 0.5) is 0 Å². The number of allylic oxidation sites excluding steroid dienone is 2. The number of piperazine rings is 1. The highest BCUT2D eigenvalue weighted by atomic mass is 16.5. The molecule has 1 aliphatic heterocycles. The van der Waals surface area contributed by atoms with Crippen molar-refractivity contribution in [1.82, 2.24) is 10.2 Å². The van der Waals surface area contributed by atoms with Gasteiger partial charge in [-0.05, 0) is 55.9 Å². The van der Waals surface area contributed by atoms with Crippen molar-refractivity contribution >= 4 is 5.57 Å². The number of rotatable bonds is 4.